The van der Waals surface area contributed by atoms with Crippen LogP contribution in [0, 0.1) is 5.92 Å². The van der Waals surface area contributed by atoms with Crippen LogP contribution in [0.2, 0.25) is 0 Å². The molecule has 6 nitrogen and oxygen atoms in total. The monoisotopic (exact) mass is 304 g/mol. The average molecular weight is 304 g/mol. The van der Waals surface area contributed by atoms with E-state index in [4.69, 9.17) is 15.2 Å². The summed E-state index contributed by atoms with van der Waals surface area (Å²) in [5.74, 6) is 0.885. The van der Waals surface area contributed by atoms with Crippen molar-refractivity contribution < 1.29 is 19.1 Å². The van der Waals surface area contributed by atoms with Crippen molar-refractivity contribution in [3.05, 3.63) is 29.8 Å². The summed E-state index contributed by atoms with van der Waals surface area (Å²) in [6, 6.07) is 5.16. The van der Waals surface area contributed by atoms with Crippen molar-refractivity contribution in [2.24, 2.45) is 11.7 Å². The number of amides is 2. The Morgan fingerprint density at radius 2 is 2.14 bits per heavy atom. The number of methoxy groups -OCH3 is 1. The second-order valence-corrected chi connectivity index (χ2v) is 5.19. The molecule has 0 bridgehead atoms. The van der Waals surface area contributed by atoms with E-state index in [-0.39, 0.29) is 12.5 Å². The SMILES string of the molecule is COc1cc(/C=C/C(=O)NCC2CC2)ccc1OCC(N)=O. The molecule has 6 heteroatoms. The van der Waals surface area contributed by atoms with Crippen LogP contribution < -0.4 is 20.5 Å². The first-order chi connectivity index (χ1) is 10.6. The lowest BCUT2D eigenvalue weighted by molar-refractivity contribution is -0.120. The van der Waals surface area contributed by atoms with E-state index in [0.717, 1.165) is 12.1 Å². The molecule has 0 atom stereocenters. The molecule has 0 radical (unpaired) electrons. The molecule has 0 heterocycles. The first-order valence-corrected chi connectivity index (χ1v) is 7.13. The number of nitrogens with two attached hydrogens (primary N) is 1. The molecule has 0 aromatic heterocycles. The number of nitrogens with one attached hydrogen (secondary N) is 1. The molecule has 0 unspecified atom stereocenters. The van der Waals surface area contributed by atoms with Gasteiger partial charge in [0.2, 0.25) is 5.91 Å². The van der Waals surface area contributed by atoms with Gasteiger partial charge in [0.1, 0.15) is 0 Å². The number of benzene rings is 1. The van der Waals surface area contributed by atoms with Crippen molar-refractivity contribution in [2.75, 3.05) is 20.3 Å². The molecular formula is C16H20N2O4. The summed E-state index contributed by atoms with van der Waals surface area (Å²) >= 11 is 0. The predicted molar refractivity (Wildman–Crippen MR) is 82.5 cm³/mol. The molecule has 1 aromatic carbocycles. The summed E-state index contributed by atoms with van der Waals surface area (Å²) in [5, 5.41) is 2.85. The third-order valence-electron chi connectivity index (χ3n) is 3.25. The normalized spacial score (nSPS) is 13.9. The molecule has 2 rings (SSSR count). The van der Waals surface area contributed by atoms with E-state index in [1.54, 1.807) is 24.3 Å². The molecular weight excluding hydrogens is 284 g/mol. The van der Waals surface area contributed by atoms with Crippen LogP contribution in [0.25, 0.3) is 6.08 Å². The molecule has 0 spiro atoms. The molecule has 3 N–H and O–H groups in total. The fraction of sp³-hybridized carbons (Fsp3) is 0.375. The van der Waals surface area contributed by atoms with Crippen molar-refractivity contribution in [2.45, 2.75) is 12.8 Å². The minimum absolute atomic E-state index is 0.111. The topological polar surface area (TPSA) is 90.7 Å². The van der Waals surface area contributed by atoms with E-state index in [1.165, 1.54) is 26.0 Å². The van der Waals surface area contributed by atoms with Crippen molar-refractivity contribution in [3.8, 4) is 11.5 Å². The Kier molecular flexibility index (Phi) is 5.41. The molecule has 1 aliphatic rings. The van der Waals surface area contributed by atoms with E-state index >= 15 is 0 Å². The summed E-state index contributed by atoms with van der Waals surface area (Å²) in [5.41, 5.74) is 5.83. The van der Waals surface area contributed by atoms with E-state index in [2.05, 4.69) is 5.32 Å². The number of ether oxygens (including phenoxy) is 2. The third-order valence-corrected chi connectivity index (χ3v) is 3.25. The summed E-state index contributed by atoms with van der Waals surface area (Å²) < 4.78 is 10.4. The minimum atomic E-state index is -0.557. The number of carbonyl (C=O) groups is 2. The van der Waals surface area contributed by atoms with Crippen molar-refractivity contribution >= 4 is 17.9 Å². The van der Waals surface area contributed by atoms with Crippen LogP contribution in [0.3, 0.4) is 0 Å². The Morgan fingerprint density at radius 3 is 2.77 bits per heavy atom. The largest absolute Gasteiger partial charge is 0.493 e. The Labute approximate surface area is 129 Å². The molecule has 2 amide bonds. The number of primary amides is 1. The first kappa shape index (κ1) is 15.9. The van der Waals surface area contributed by atoms with Gasteiger partial charge in [-0.2, -0.15) is 0 Å². The van der Waals surface area contributed by atoms with Gasteiger partial charge in [-0.05, 0) is 42.5 Å². The Bertz CT molecular complexity index is 580. The van der Waals surface area contributed by atoms with Crippen LogP contribution in [0.5, 0.6) is 11.5 Å². The van der Waals surface area contributed by atoms with E-state index in [1.807, 2.05) is 0 Å². The molecule has 1 aromatic rings. The smallest absolute Gasteiger partial charge is 0.255 e. The Balaban J connectivity index is 1.95. The average Bonchev–Trinajstić information content (AvgIpc) is 3.33. The van der Waals surface area contributed by atoms with Gasteiger partial charge in [-0.25, -0.2) is 0 Å². The summed E-state index contributed by atoms with van der Waals surface area (Å²) in [6.45, 7) is 0.529. The standard InChI is InChI=1S/C16H20N2O4/c1-21-14-8-11(4-6-13(14)22-10-15(17)19)5-7-16(20)18-9-12-2-3-12/h4-8,12H,2-3,9-10H2,1H3,(H2,17,19)(H,18,20)/b7-5+. The van der Waals surface area contributed by atoms with Gasteiger partial charge < -0.3 is 20.5 Å². The van der Waals surface area contributed by atoms with Crippen molar-refractivity contribution in [1.29, 1.82) is 0 Å². The molecule has 0 aliphatic heterocycles. The second-order valence-electron chi connectivity index (χ2n) is 5.19. The number of rotatable bonds is 8. The van der Waals surface area contributed by atoms with Crippen LogP contribution >= 0.6 is 0 Å². The zero-order valence-corrected chi connectivity index (χ0v) is 12.5. The molecule has 118 valence electrons. The third kappa shape index (κ3) is 5.12. The maximum atomic E-state index is 11.6. The molecule has 0 saturated heterocycles. The lowest BCUT2D eigenvalue weighted by Crippen LogP contribution is -2.23. The summed E-state index contributed by atoms with van der Waals surface area (Å²) in [4.78, 5) is 22.4. The molecule has 1 fully saturated rings. The van der Waals surface area contributed by atoms with Gasteiger partial charge in [0.25, 0.3) is 5.91 Å². The minimum Gasteiger partial charge on any atom is -0.493 e. The fourth-order valence-electron chi connectivity index (χ4n) is 1.85. The van der Waals surface area contributed by atoms with Gasteiger partial charge in [0.15, 0.2) is 18.1 Å². The highest BCUT2D eigenvalue weighted by atomic mass is 16.5. The number of hydrogen-bond donors (Lipinski definition) is 2. The first-order valence-electron chi connectivity index (χ1n) is 7.13. The Hall–Kier alpha value is -2.50. The summed E-state index contributed by atoms with van der Waals surface area (Å²) in [7, 11) is 1.50. The van der Waals surface area contributed by atoms with Gasteiger partial charge >= 0.3 is 0 Å². The Morgan fingerprint density at radius 1 is 1.36 bits per heavy atom. The van der Waals surface area contributed by atoms with E-state index in [9.17, 15) is 9.59 Å². The lowest BCUT2D eigenvalue weighted by Gasteiger charge is -2.09. The van der Waals surface area contributed by atoms with Gasteiger partial charge in [-0.1, -0.05) is 6.07 Å². The maximum Gasteiger partial charge on any atom is 0.255 e. The van der Waals surface area contributed by atoms with Gasteiger partial charge in [0, 0.05) is 12.6 Å². The molecule has 22 heavy (non-hydrogen) atoms. The van der Waals surface area contributed by atoms with Crippen LogP contribution in [-0.4, -0.2) is 32.1 Å². The maximum absolute atomic E-state index is 11.6. The van der Waals surface area contributed by atoms with Crippen molar-refractivity contribution in [3.63, 3.8) is 0 Å². The van der Waals surface area contributed by atoms with E-state index in [0.29, 0.717) is 17.4 Å². The van der Waals surface area contributed by atoms with E-state index < -0.39 is 5.91 Å². The van der Waals surface area contributed by atoms with Gasteiger partial charge in [0.05, 0.1) is 7.11 Å². The van der Waals surface area contributed by atoms with Crippen LogP contribution in [0.4, 0.5) is 0 Å². The van der Waals surface area contributed by atoms with Crippen molar-refractivity contribution in [1.82, 2.24) is 5.32 Å². The quantitative estimate of drug-likeness (QED) is 0.704. The summed E-state index contributed by atoms with van der Waals surface area (Å²) in [6.07, 6.45) is 5.59. The van der Waals surface area contributed by atoms with Crippen LogP contribution in [0.1, 0.15) is 18.4 Å². The van der Waals surface area contributed by atoms with Crippen LogP contribution in [0.15, 0.2) is 24.3 Å². The molecule has 1 saturated carbocycles. The predicted octanol–water partition coefficient (Wildman–Crippen LogP) is 1.10. The number of carbonyl (C=O) groups excluding carboxylic acids is 2. The van der Waals surface area contributed by atoms with Gasteiger partial charge in [-0.15, -0.1) is 0 Å². The fourth-order valence-corrected chi connectivity index (χ4v) is 1.85. The van der Waals surface area contributed by atoms with Crippen LogP contribution in [-0.2, 0) is 9.59 Å². The number of hydrogen-bond acceptors (Lipinski definition) is 4. The molecule has 1 aliphatic carbocycles. The van der Waals surface area contributed by atoms with Gasteiger partial charge in [-0.3, -0.25) is 9.59 Å². The highest BCUT2D eigenvalue weighted by molar-refractivity contribution is 5.91. The zero-order chi connectivity index (χ0) is 15.9. The highest BCUT2D eigenvalue weighted by Crippen LogP contribution is 2.29. The second kappa shape index (κ2) is 7.49. The zero-order valence-electron chi connectivity index (χ0n) is 12.5. The lowest BCUT2D eigenvalue weighted by atomic mass is 10.2. The highest BCUT2D eigenvalue weighted by Gasteiger charge is 2.20.